The largest absolute Gasteiger partial charge is 0.506 e. The summed E-state index contributed by atoms with van der Waals surface area (Å²) in [5, 5.41) is 24.1. The van der Waals surface area contributed by atoms with Crippen molar-refractivity contribution in [1.82, 2.24) is 10.4 Å². The number of nitrogens with one attached hydrogen (secondary N) is 1. The summed E-state index contributed by atoms with van der Waals surface area (Å²) < 4.78 is 44.0. The molecule has 0 aliphatic carbocycles. The molecule has 0 spiro atoms. The molecule has 0 radical (unpaired) electrons. The molecular weight excluding hydrogens is 409 g/mol. The van der Waals surface area contributed by atoms with Gasteiger partial charge in [0.15, 0.2) is 0 Å². The van der Waals surface area contributed by atoms with Gasteiger partial charge in [0, 0.05) is 17.8 Å². The van der Waals surface area contributed by atoms with Gasteiger partial charge in [0.2, 0.25) is 0 Å². The summed E-state index contributed by atoms with van der Waals surface area (Å²) in [6.45, 7) is 0. The summed E-state index contributed by atoms with van der Waals surface area (Å²) in [5.74, 6) is -1.83. The number of furan rings is 1. The smallest absolute Gasteiger partial charge is 0.433 e. The number of hydrogen-bond donors (Lipinski definition) is 2. The Labute approximate surface area is 165 Å². The number of pyridine rings is 1. The number of aromatic hydroxyl groups is 1. The fourth-order valence-corrected chi connectivity index (χ4v) is 2.47. The van der Waals surface area contributed by atoms with Gasteiger partial charge in [-0.3, -0.25) is 19.9 Å². The number of rotatable bonds is 5. The van der Waals surface area contributed by atoms with Gasteiger partial charge in [-0.2, -0.15) is 18.3 Å². The lowest BCUT2D eigenvalue weighted by Gasteiger charge is -2.11. The first-order valence-corrected chi connectivity index (χ1v) is 8.10. The Balaban J connectivity index is 1.73. The molecule has 3 rings (SSSR count). The summed E-state index contributed by atoms with van der Waals surface area (Å²) in [6.07, 6.45) is -0.0732. The molecular formula is C18H11F3N4O5. The van der Waals surface area contributed by atoms with Crippen molar-refractivity contribution in [3.63, 3.8) is 0 Å². The van der Waals surface area contributed by atoms with Crippen LogP contribution in [-0.2, 0) is 6.18 Å². The van der Waals surface area contributed by atoms with E-state index in [0.29, 0.717) is 0 Å². The number of para-hydroxylation sites is 1. The van der Waals surface area contributed by atoms with E-state index in [1.54, 1.807) is 0 Å². The quantitative estimate of drug-likeness (QED) is 0.366. The average molecular weight is 420 g/mol. The third kappa shape index (κ3) is 4.27. The van der Waals surface area contributed by atoms with Crippen LogP contribution in [0.25, 0.3) is 17.0 Å². The monoisotopic (exact) mass is 420 g/mol. The molecule has 154 valence electrons. The normalized spacial score (nSPS) is 12.1. The zero-order valence-corrected chi connectivity index (χ0v) is 14.8. The van der Waals surface area contributed by atoms with Crippen molar-refractivity contribution in [2.75, 3.05) is 0 Å². The minimum atomic E-state index is -4.67. The number of aromatic nitrogens is 1. The maximum Gasteiger partial charge on any atom is 0.433 e. The van der Waals surface area contributed by atoms with E-state index in [9.17, 15) is 33.2 Å². The van der Waals surface area contributed by atoms with Crippen LogP contribution in [0.4, 0.5) is 19.1 Å². The average Bonchev–Trinajstić information content (AvgIpc) is 3.16. The van der Waals surface area contributed by atoms with Crippen LogP contribution in [0.5, 0.6) is 5.75 Å². The number of alkyl halides is 3. The summed E-state index contributed by atoms with van der Waals surface area (Å²) in [5.41, 5.74) is 0.180. The molecule has 2 N–H and O–H groups in total. The van der Waals surface area contributed by atoms with Gasteiger partial charge in [0.1, 0.15) is 22.0 Å². The van der Waals surface area contributed by atoms with Crippen LogP contribution in [0.3, 0.4) is 0 Å². The van der Waals surface area contributed by atoms with Crippen LogP contribution >= 0.6 is 0 Å². The van der Waals surface area contributed by atoms with Gasteiger partial charge in [-0.1, -0.05) is 6.07 Å². The second kappa shape index (κ2) is 8.03. The Kier molecular flexibility index (Phi) is 5.49. The summed E-state index contributed by atoms with van der Waals surface area (Å²) in [7, 11) is 0. The zero-order valence-electron chi connectivity index (χ0n) is 14.8. The van der Waals surface area contributed by atoms with Gasteiger partial charge in [-0.15, -0.1) is 0 Å². The Hall–Kier alpha value is -4.22. The number of allylic oxidation sites excluding steroid dienone is 1. The van der Waals surface area contributed by atoms with Crippen LogP contribution in [0.15, 0.2) is 52.1 Å². The lowest BCUT2D eigenvalue weighted by molar-refractivity contribution is -0.402. The predicted octanol–water partition coefficient (Wildman–Crippen LogP) is 3.89. The van der Waals surface area contributed by atoms with Crippen LogP contribution in [0.2, 0.25) is 0 Å². The second-order valence-electron chi connectivity index (χ2n) is 5.73. The number of fused-ring (bicyclic) bond motifs is 1. The number of carbonyl (C=O) groups excluding carboxylic acids is 1. The van der Waals surface area contributed by atoms with E-state index in [-0.39, 0.29) is 16.7 Å². The van der Waals surface area contributed by atoms with Crippen LogP contribution < -0.4 is 5.43 Å². The first-order chi connectivity index (χ1) is 14.2. The molecule has 0 bridgehead atoms. The van der Waals surface area contributed by atoms with Gasteiger partial charge in [-0.05, 0) is 30.4 Å². The third-order valence-corrected chi connectivity index (χ3v) is 3.80. The Morgan fingerprint density at radius 1 is 1.30 bits per heavy atom. The number of benzene rings is 1. The standard InChI is InChI=1S/C18H11F3N4O5/c19-18(20,21)13-5-1-4-11-15(13)22-9-12(16(11)26)17(27)24-23-8-2-3-10-6-7-14(30-10)25(28)29/h1-9H,(H,22,26)(H,24,27)/b3-2+,23-8+. The van der Waals surface area contributed by atoms with E-state index in [0.717, 1.165) is 30.6 Å². The molecule has 0 unspecified atom stereocenters. The highest BCUT2D eigenvalue weighted by atomic mass is 19.4. The highest BCUT2D eigenvalue weighted by molar-refractivity contribution is 6.02. The molecule has 0 saturated heterocycles. The van der Waals surface area contributed by atoms with Crippen molar-refractivity contribution in [3.8, 4) is 5.75 Å². The number of amides is 1. The maximum atomic E-state index is 13.0. The molecule has 9 nitrogen and oxygen atoms in total. The molecule has 2 heterocycles. The molecule has 0 aliphatic rings. The van der Waals surface area contributed by atoms with E-state index < -0.39 is 39.7 Å². The summed E-state index contributed by atoms with van der Waals surface area (Å²) in [6, 6.07) is 5.64. The van der Waals surface area contributed by atoms with E-state index in [1.165, 1.54) is 24.3 Å². The Morgan fingerprint density at radius 3 is 2.73 bits per heavy atom. The van der Waals surface area contributed by atoms with E-state index in [4.69, 9.17) is 4.42 Å². The van der Waals surface area contributed by atoms with Gasteiger partial charge in [0.05, 0.1) is 17.1 Å². The van der Waals surface area contributed by atoms with Gasteiger partial charge in [-0.25, -0.2) is 5.43 Å². The fourth-order valence-electron chi connectivity index (χ4n) is 2.47. The van der Waals surface area contributed by atoms with Gasteiger partial charge in [0.25, 0.3) is 5.91 Å². The molecule has 2 aromatic heterocycles. The number of nitro groups is 1. The number of hydrazone groups is 1. The molecule has 0 fully saturated rings. The Bertz CT molecular complexity index is 1180. The highest BCUT2D eigenvalue weighted by Gasteiger charge is 2.33. The summed E-state index contributed by atoms with van der Waals surface area (Å²) >= 11 is 0. The highest BCUT2D eigenvalue weighted by Crippen LogP contribution is 2.37. The van der Waals surface area contributed by atoms with Crippen molar-refractivity contribution in [3.05, 3.63) is 69.6 Å². The van der Waals surface area contributed by atoms with Crippen LogP contribution in [0, 0.1) is 10.1 Å². The fraction of sp³-hybridized carbons (Fsp3) is 0.0556. The predicted molar refractivity (Wildman–Crippen MR) is 98.8 cm³/mol. The molecule has 30 heavy (non-hydrogen) atoms. The first kappa shape index (κ1) is 20.5. The van der Waals surface area contributed by atoms with Crippen LogP contribution in [0.1, 0.15) is 21.7 Å². The Morgan fingerprint density at radius 2 is 2.07 bits per heavy atom. The molecule has 0 aliphatic heterocycles. The molecule has 0 saturated carbocycles. The second-order valence-corrected chi connectivity index (χ2v) is 5.73. The first-order valence-electron chi connectivity index (χ1n) is 8.10. The number of nitrogens with zero attached hydrogens (tertiary/aromatic N) is 3. The molecule has 3 aromatic rings. The van der Waals surface area contributed by atoms with Crippen molar-refractivity contribution >= 4 is 35.0 Å². The zero-order chi connectivity index (χ0) is 21.9. The van der Waals surface area contributed by atoms with Crippen molar-refractivity contribution < 1.29 is 32.4 Å². The number of carbonyl (C=O) groups is 1. The lowest BCUT2D eigenvalue weighted by Crippen LogP contribution is -2.18. The maximum absolute atomic E-state index is 13.0. The van der Waals surface area contributed by atoms with E-state index in [1.807, 2.05) is 0 Å². The molecule has 12 heteroatoms. The van der Waals surface area contributed by atoms with Crippen molar-refractivity contribution in [2.24, 2.45) is 5.10 Å². The van der Waals surface area contributed by atoms with Crippen molar-refractivity contribution in [2.45, 2.75) is 6.18 Å². The lowest BCUT2D eigenvalue weighted by atomic mass is 10.1. The minimum absolute atomic E-state index is 0.177. The molecule has 0 atom stereocenters. The SMILES string of the molecule is O=C(N/N=C/C=C/c1ccc([N+](=O)[O-])o1)c1cnc2c(C(F)(F)F)cccc2c1O. The van der Waals surface area contributed by atoms with E-state index in [2.05, 4.69) is 15.5 Å². The number of halogens is 3. The third-order valence-electron chi connectivity index (χ3n) is 3.80. The van der Waals surface area contributed by atoms with Gasteiger partial charge < -0.3 is 9.52 Å². The van der Waals surface area contributed by atoms with Crippen molar-refractivity contribution in [1.29, 1.82) is 0 Å². The molecule has 1 amide bonds. The topological polar surface area (TPSA) is 131 Å². The number of hydrogen-bond acceptors (Lipinski definition) is 7. The summed E-state index contributed by atoms with van der Waals surface area (Å²) in [4.78, 5) is 25.6. The molecule has 1 aromatic carbocycles. The van der Waals surface area contributed by atoms with Gasteiger partial charge >= 0.3 is 12.1 Å². The van der Waals surface area contributed by atoms with E-state index >= 15 is 0 Å². The minimum Gasteiger partial charge on any atom is -0.506 e. The van der Waals surface area contributed by atoms with Crippen LogP contribution in [-0.4, -0.2) is 27.1 Å².